The molecule has 0 aromatic carbocycles. The molecule has 1 aromatic heterocycles. The number of nitrogens with one attached hydrogen (secondary N) is 2. The second kappa shape index (κ2) is 5.96. The molecule has 4 nitrogen and oxygen atoms in total. The summed E-state index contributed by atoms with van der Waals surface area (Å²) >= 11 is 0. The van der Waals surface area contributed by atoms with Crippen LogP contribution in [0.1, 0.15) is 40.3 Å². The van der Waals surface area contributed by atoms with Crippen molar-refractivity contribution in [3.05, 3.63) is 18.1 Å². The van der Waals surface area contributed by atoms with Crippen molar-refractivity contribution in [3.8, 4) is 0 Å². The zero-order chi connectivity index (χ0) is 12.9. The van der Waals surface area contributed by atoms with Crippen LogP contribution < -0.4 is 10.6 Å². The van der Waals surface area contributed by atoms with Crippen LogP contribution in [0, 0.1) is 5.92 Å². The van der Waals surface area contributed by atoms with E-state index in [9.17, 15) is 0 Å². The van der Waals surface area contributed by atoms with E-state index in [-0.39, 0.29) is 5.54 Å². The van der Waals surface area contributed by atoms with Crippen molar-refractivity contribution >= 4 is 5.82 Å². The predicted molar refractivity (Wildman–Crippen MR) is 72.0 cm³/mol. The highest BCUT2D eigenvalue weighted by Gasteiger charge is 2.09. The number of hydrogen-bond donors (Lipinski definition) is 2. The molecule has 0 unspecified atom stereocenters. The van der Waals surface area contributed by atoms with E-state index >= 15 is 0 Å². The lowest BCUT2D eigenvalue weighted by Gasteiger charge is -2.20. The van der Waals surface area contributed by atoms with Gasteiger partial charge >= 0.3 is 0 Å². The third kappa shape index (κ3) is 6.22. The number of nitrogens with zero attached hydrogens (tertiary/aromatic N) is 2. The van der Waals surface area contributed by atoms with E-state index in [0.717, 1.165) is 24.6 Å². The molecule has 1 aromatic rings. The van der Waals surface area contributed by atoms with Gasteiger partial charge < -0.3 is 10.6 Å². The first kappa shape index (κ1) is 13.9. The number of hydrogen-bond acceptors (Lipinski definition) is 4. The van der Waals surface area contributed by atoms with Crippen molar-refractivity contribution in [1.82, 2.24) is 15.3 Å². The SMILES string of the molecule is CC(C)CNc1cncc(CNC(C)(C)C)n1. The van der Waals surface area contributed by atoms with E-state index in [0.29, 0.717) is 5.92 Å². The Balaban J connectivity index is 2.54. The van der Waals surface area contributed by atoms with Crippen LogP contribution in [0.4, 0.5) is 5.82 Å². The first-order valence-corrected chi connectivity index (χ1v) is 6.16. The first-order chi connectivity index (χ1) is 7.87. The lowest BCUT2D eigenvalue weighted by Crippen LogP contribution is -2.35. The Morgan fingerprint density at radius 1 is 1.24 bits per heavy atom. The average Bonchev–Trinajstić information content (AvgIpc) is 2.23. The largest absolute Gasteiger partial charge is 0.369 e. The van der Waals surface area contributed by atoms with E-state index in [4.69, 9.17) is 0 Å². The minimum absolute atomic E-state index is 0.100. The van der Waals surface area contributed by atoms with Gasteiger partial charge in [0.25, 0.3) is 0 Å². The van der Waals surface area contributed by atoms with E-state index in [1.165, 1.54) is 0 Å². The third-order valence-corrected chi connectivity index (χ3v) is 2.18. The van der Waals surface area contributed by atoms with Crippen LogP contribution in [0.15, 0.2) is 12.4 Å². The number of aromatic nitrogens is 2. The van der Waals surface area contributed by atoms with Gasteiger partial charge in [0.05, 0.1) is 11.9 Å². The summed E-state index contributed by atoms with van der Waals surface area (Å²) in [4.78, 5) is 8.71. The Hall–Kier alpha value is -1.16. The van der Waals surface area contributed by atoms with Crippen LogP contribution in [-0.4, -0.2) is 22.1 Å². The number of anilines is 1. The van der Waals surface area contributed by atoms with Crippen molar-refractivity contribution in [1.29, 1.82) is 0 Å². The average molecular weight is 236 g/mol. The van der Waals surface area contributed by atoms with Crippen molar-refractivity contribution < 1.29 is 0 Å². The van der Waals surface area contributed by atoms with E-state index in [2.05, 4.69) is 55.2 Å². The molecule has 17 heavy (non-hydrogen) atoms. The minimum atomic E-state index is 0.100. The molecule has 1 heterocycles. The summed E-state index contributed by atoms with van der Waals surface area (Å²) in [5.74, 6) is 1.46. The van der Waals surface area contributed by atoms with Gasteiger partial charge in [-0.15, -0.1) is 0 Å². The van der Waals surface area contributed by atoms with Crippen LogP contribution in [0.25, 0.3) is 0 Å². The van der Waals surface area contributed by atoms with Gasteiger partial charge in [-0.05, 0) is 26.7 Å². The Bertz CT molecular complexity index is 342. The summed E-state index contributed by atoms with van der Waals surface area (Å²) in [6.07, 6.45) is 3.57. The summed E-state index contributed by atoms with van der Waals surface area (Å²) in [7, 11) is 0. The maximum Gasteiger partial charge on any atom is 0.144 e. The molecule has 1 rings (SSSR count). The maximum atomic E-state index is 4.51. The van der Waals surface area contributed by atoms with Gasteiger partial charge in [-0.2, -0.15) is 0 Å². The van der Waals surface area contributed by atoms with Gasteiger partial charge in [-0.3, -0.25) is 4.98 Å². The molecule has 0 radical (unpaired) electrons. The molecule has 0 aliphatic heterocycles. The Labute approximate surface area is 104 Å². The van der Waals surface area contributed by atoms with Crippen LogP contribution in [0.3, 0.4) is 0 Å². The maximum absolute atomic E-state index is 4.51. The zero-order valence-corrected chi connectivity index (χ0v) is 11.5. The highest BCUT2D eigenvalue weighted by atomic mass is 15.0. The summed E-state index contributed by atoms with van der Waals surface area (Å²) in [6, 6.07) is 0. The van der Waals surface area contributed by atoms with Crippen LogP contribution in [-0.2, 0) is 6.54 Å². The molecular formula is C13H24N4. The van der Waals surface area contributed by atoms with Gasteiger partial charge in [0, 0.05) is 24.8 Å². The fourth-order valence-electron chi connectivity index (χ4n) is 1.24. The fraction of sp³-hybridized carbons (Fsp3) is 0.692. The Morgan fingerprint density at radius 3 is 2.53 bits per heavy atom. The second-order valence-electron chi connectivity index (χ2n) is 5.77. The quantitative estimate of drug-likeness (QED) is 0.824. The molecule has 0 aliphatic carbocycles. The monoisotopic (exact) mass is 236 g/mol. The van der Waals surface area contributed by atoms with Crippen LogP contribution in [0.5, 0.6) is 0 Å². The summed E-state index contributed by atoms with van der Waals surface area (Å²) in [5.41, 5.74) is 1.07. The molecule has 0 amide bonds. The molecule has 0 saturated carbocycles. The second-order valence-corrected chi connectivity index (χ2v) is 5.77. The third-order valence-electron chi connectivity index (χ3n) is 2.18. The lowest BCUT2D eigenvalue weighted by molar-refractivity contribution is 0.421. The normalized spacial score (nSPS) is 11.9. The lowest BCUT2D eigenvalue weighted by atomic mass is 10.1. The van der Waals surface area contributed by atoms with Gasteiger partial charge in [-0.1, -0.05) is 13.8 Å². The predicted octanol–water partition coefficient (Wildman–Crippen LogP) is 2.43. The molecule has 4 heteroatoms. The summed E-state index contributed by atoms with van der Waals surface area (Å²) in [5, 5.41) is 6.68. The fourth-order valence-corrected chi connectivity index (χ4v) is 1.24. The molecule has 0 aliphatic rings. The van der Waals surface area contributed by atoms with Gasteiger partial charge in [0.15, 0.2) is 0 Å². The smallest absolute Gasteiger partial charge is 0.144 e. The number of rotatable bonds is 5. The van der Waals surface area contributed by atoms with Crippen molar-refractivity contribution in [2.45, 2.75) is 46.7 Å². The summed E-state index contributed by atoms with van der Waals surface area (Å²) in [6.45, 7) is 12.4. The van der Waals surface area contributed by atoms with Gasteiger partial charge in [-0.25, -0.2) is 4.98 Å². The van der Waals surface area contributed by atoms with Gasteiger partial charge in [0.2, 0.25) is 0 Å². The molecule has 0 fully saturated rings. The molecule has 0 bridgehead atoms. The van der Waals surface area contributed by atoms with Crippen LogP contribution >= 0.6 is 0 Å². The van der Waals surface area contributed by atoms with Crippen molar-refractivity contribution in [2.24, 2.45) is 5.92 Å². The summed E-state index contributed by atoms with van der Waals surface area (Å²) < 4.78 is 0. The standard InChI is InChI=1S/C13H24N4/c1-10(2)6-15-12-9-14-7-11(17-12)8-16-13(3,4)5/h7,9-10,16H,6,8H2,1-5H3,(H,15,17). The topological polar surface area (TPSA) is 49.8 Å². The zero-order valence-electron chi connectivity index (χ0n) is 11.5. The Kier molecular flexibility index (Phi) is 4.87. The highest BCUT2D eigenvalue weighted by molar-refractivity contribution is 5.31. The van der Waals surface area contributed by atoms with E-state index in [1.807, 2.05) is 0 Å². The first-order valence-electron chi connectivity index (χ1n) is 6.16. The van der Waals surface area contributed by atoms with E-state index < -0.39 is 0 Å². The molecule has 2 N–H and O–H groups in total. The van der Waals surface area contributed by atoms with Crippen molar-refractivity contribution in [3.63, 3.8) is 0 Å². The molecule has 96 valence electrons. The Morgan fingerprint density at radius 2 is 1.94 bits per heavy atom. The molecule has 0 spiro atoms. The van der Waals surface area contributed by atoms with E-state index in [1.54, 1.807) is 12.4 Å². The molecule has 0 atom stereocenters. The molecule has 0 saturated heterocycles. The van der Waals surface area contributed by atoms with Crippen molar-refractivity contribution in [2.75, 3.05) is 11.9 Å². The highest BCUT2D eigenvalue weighted by Crippen LogP contribution is 2.05. The van der Waals surface area contributed by atoms with Crippen LogP contribution in [0.2, 0.25) is 0 Å². The molecular weight excluding hydrogens is 212 g/mol. The van der Waals surface area contributed by atoms with Gasteiger partial charge in [0.1, 0.15) is 5.82 Å². The minimum Gasteiger partial charge on any atom is -0.369 e.